The number of aromatic nitrogens is 2. The van der Waals surface area contributed by atoms with Crippen molar-refractivity contribution in [3.8, 4) is 11.1 Å². The largest absolute Gasteiger partial charge is 0.447 e. The number of hydrogen-bond acceptors (Lipinski definition) is 5. The molecule has 0 saturated heterocycles. The molecular formula is C26H27ClFN5O3. The molecule has 3 N–H and O–H groups in total. The van der Waals surface area contributed by atoms with Crippen LogP contribution in [-0.2, 0) is 12.5 Å². The summed E-state index contributed by atoms with van der Waals surface area (Å²) >= 11 is 6.36. The number of aryl methyl sites for hydroxylation is 2. The van der Waals surface area contributed by atoms with Gasteiger partial charge in [-0.25, -0.2) is 14.2 Å². The SMILES string of the molecule is CNc1cc2c(cn1)cc(-c1cc(NC(=O)Nc3occ(C(C)(C)C)c3Cl)c(F)cc1C)c(=O)n2C. The van der Waals surface area contributed by atoms with Crippen molar-refractivity contribution in [1.29, 1.82) is 0 Å². The van der Waals surface area contributed by atoms with Gasteiger partial charge in [-0.2, -0.15) is 0 Å². The summed E-state index contributed by atoms with van der Waals surface area (Å²) in [5, 5.41) is 8.97. The highest BCUT2D eigenvalue weighted by molar-refractivity contribution is 6.34. The zero-order valence-corrected chi connectivity index (χ0v) is 21.6. The Balaban J connectivity index is 1.69. The first kappa shape index (κ1) is 25.2. The van der Waals surface area contributed by atoms with Crippen LogP contribution in [-0.4, -0.2) is 22.6 Å². The second-order valence-corrected chi connectivity index (χ2v) is 9.95. The van der Waals surface area contributed by atoms with Crippen LogP contribution in [0.2, 0.25) is 5.02 Å². The molecule has 0 radical (unpaired) electrons. The second-order valence-electron chi connectivity index (χ2n) is 9.57. The maximum atomic E-state index is 14.8. The number of benzene rings is 1. The van der Waals surface area contributed by atoms with Gasteiger partial charge in [-0.3, -0.25) is 10.1 Å². The maximum absolute atomic E-state index is 14.8. The first-order valence-corrected chi connectivity index (χ1v) is 11.6. The van der Waals surface area contributed by atoms with E-state index >= 15 is 0 Å². The summed E-state index contributed by atoms with van der Waals surface area (Å²) in [5.41, 5.74) is 2.16. The number of nitrogens with zero attached hydrogens (tertiary/aromatic N) is 2. The lowest BCUT2D eigenvalue weighted by Gasteiger charge is -2.16. The van der Waals surface area contributed by atoms with Crippen LogP contribution in [0.25, 0.3) is 22.0 Å². The van der Waals surface area contributed by atoms with Crippen LogP contribution in [0, 0.1) is 12.7 Å². The first-order valence-electron chi connectivity index (χ1n) is 11.2. The highest BCUT2D eigenvalue weighted by atomic mass is 35.5. The summed E-state index contributed by atoms with van der Waals surface area (Å²) < 4.78 is 21.7. The standard InChI is InChI=1S/C26H27ClFN5O3/c1-13-7-18(28)19(31-25(35)32-23-22(27)17(12-36-23)26(2,3)4)9-15(13)16-8-14-11-30-21(29-5)10-20(14)33(6)24(16)34/h7-12H,1-6H3,(H,29,30)(H2,31,32,35). The van der Waals surface area contributed by atoms with Crippen molar-refractivity contribution in [1.82, 2.24) is 9.55 Å². The number of carbonyl (C=O) groups is 1. The van der Waals surface area contributed by atoms with Gasteiger partial charge in [-0.1, -0.05) is 32.4 Å². The normalized spacial score (nSPS) is 11.6. The zero-order valence-electron chi connectivity index (χ0n) is 20.8. The summed E-state index contributed by atoms with van der Waals surface area (Å²) in [7, 11) is 3.41. The molecule has 1 aromatic carbocycles. The number of nitrogens with one attached hydrogen (secondary N) is 3. The highest BCUT2D eigenvalue weighted by Crippen LogP contribution is 2.36. The van der Waals surface area contributed by atoms with E-state index in [1.54, 1.807) is 39.3 Å². The number of rotatable bonds is 4. The van der Waals surface area contributed by atoms with Crippen LogP contribution in [0.1, 0.15) is 31.9 Å². The van der Waals surface area contributed by atoms with Gasteiger partial charge in [0, 0.05) is 42.9 Å². The number of anilines is 3. The van der Waals surface area contributed by atoms with E-state index in [1.807, 2.05) is 20.8 Å². The van der Waals surface area contributed by atoms with Gasteiger partial charge in [-0.05, 0) is 41.7 Å². The smallest absolute Gasteiger partial charge is 0.326 e. The number of hydrogen-bond donors (Lipinski definition) is 3. The van der Waals surface area contributed by atoms with Crippen LogP contribution in [0.5, 0.6) is 0 Å². The third-order valence-corrected chi connectivity index (χ3v) is 6.36. The summed E-state index contributed by atoms with van der Waals surface area (Å²) in [5.74, 6) is 0.0425. The molecule has 3 aromatic heterocycles. The summed E-state index contributed by atoms with van der Waals surface area (Å²) in [4.78, 5) is 30.2. The molecular weight excluding hydrogens is 485 g/mol. The molecule has 0 aliphatic heterocycles. The molecule has 0 atom stereocenters. The minimum Gasteiger partial charge on any atom is -0.447 e. The molecule has 0 spiro atoms. The quantitative estimate of drug-likeness (QED) is 0.299. The first-order chi connectivity index (χ1) is 16.9. The van der Waals surface area contributed by atoms with Gasteiger partial charge in [0.15, 0.2) is 0 Å². The van der Waals surface area contributed by atoms with Crippen molar-refractivity contribution in [3.63, 3.8) is 0 Å². The Kier molecular flexibility index (Phi) is 6.53. The van der Waals surface area contributed by atoms with Gasteiger partial charge < -0.3 is 19.6 Å². The van der Waals surface area contributed by atoms with E-state index in [1.165, 1.54) is 23.0 Å². The number of carbonyl (C=O) groups excluding carboxylic acids is 1. The number of pyridine rings is 2. The molecule has 0 unspecified atom stereocenters. The average Bonchev–Trinajstić information content (AvgIpc) is 3.18. The third kappa shape index (κ3) is 4.66. The fraction of sp³-hybridized carbons (Fsp3) is 0.269. The number of fused-ring (bicyclic) bond motifs is 1. The molecule has 4 rings (SSSR count). The highest BCUT2D eigenvalue weighted by Gasteiger charge is 2.24. The van der Waals surface area contributed by atoms with Crippen molar-refractivity contribution >= 4 is 45.9 Å². The molecule has 0 aliphatic carbocycles. The summed E-state index contributed by atoms with van der Waals surface area (Å²) in [6.45, 7) is 7.58. The molecule has 10 heteroatoms. The minimum absolute atomic E-state index is 0.0590. The molecule has 3 heterocycles. The molecule has 0 saturated carbocycles. The monoisotopic (exact) mass is 511 g/mol. The van der Waals surface area contributed by atoms with Gasteiger partial charge in [-0.15, -0.1) is 0 Å². The van der Waals surface area contributed by atoms with E-state index in [-0.39, 0.29) is 27.6 Å². The van der Waals surface area contributed by atoms with Crippen LogP contribution < -0.4 is 21.5 Å². The van der Waals surface area contributed by atoms with Crippen LogP contribution in [0.3, 0.4) is 0 Å². The molecule has 188 valence electrons. The van der Waals surface area contributed by atoms with Crippen LogP contribution in [0.4, 0.5) is 26.6 Å². The predicted molar refractivity (Wildman–Crippen MR) is 142 cm³/mol. The Morgan fingerprint density at radius 2 is 1.86 bits per heavy atom. The van der Waals surface area contributed by atoms with Gasteiger partial charge in [0.25, 0.3) is 5.56 Å². The number of halogens is 2. The average molecular weight is 512 g/mol. The Hall–Kier alpha value is -3.85. The van der Waals surface area contributed by atoms with Gasteiger partial charge in [0.2, 0.25) is 5.88 Å². The number of furan rings is 1. The molecule has 0 bridgehead atoms. The van der Waals surface area contributed by atoms with Crippen molar-refractivity contribution in [2.24, 2.45) is 7.05 Å². The van der Waals surface area contributed by atoms with E-state index in [2.05, 4.69) is 20.9 Å². The molecule has 36 heavy (non-hydrogen) atoms. The van der Waals surface area contributed by atoms with Crippen LogP contribution >= 0.6 is 11.6 Å². The Morgan fingerprint density at radius 1 is 1.14 bits per heavy atom. The Morgan fingerprint density at radius 3 is 2.50 bits per heavy atom. The van der Waals surface area contributed by atoms with Crippen molar-refractivity contribution < 1.29 is 13.6 Å². The van der Waals surface area contributed by atoms with E-state index in [0.717, 1.165) is 10.9 Å². The van der Waals surface area contributed by atoms with Crippen molar-refractivity contribution in [2.75, 3.05) is 23.0 Å². The summed E-state index contributed by atoms with van der Waals surface area (Å²) in [6, 6.07) is 5.46. The fourth-order valence-corrected chi connectivity index (χ4v) is 4.36. The lowest BCUT2D eigenvalue weighted by Crippen LogP contribution is -2.21. The van der Waals surface area contributed by atoms with E-state index in [9.17, 15) is 14.0 Å². The maximum Gasteiger partial charge on any atom is 0.326 e. The Labute approximate surface area is 212 Å². The zero-order chi connectivity index (χ0) is 26.4. The second kappa shape index (κ2) is 9.31. The third-order valence-electron chi connectivity index (χ3n) is 5.98. The topological polar surface area (TPSA) is 101 Å². The number of urea groups is 1. The lowest BCUT2D eigenvalue weighted by molar-refractivity contribution is 0.261. The summed E-state index contributed by atoms with van der Waals surface area (Å²) in [6.07, 6.45) is 3.14. The van der Waals surface area contributed by atoms with Crippen molar-refractivity contribution in [3.05, 3.63) is 69.0 Å². The lowest BCUT2D eigenvalue weighted by atomic mass is 9.89. The molecule has 2 amide bonds. The Bertz CT molecular complexity index is 1550. The van der Waals surface area contributed by atoms with E-state index in [0.29, 0.717) is 28.0 Å². The van der Waals surface area contributed by atoms with Crippen molar-refractivity contribution in [2.45, 2.75) is 33.1 Å². The fourth-order valence-electron chi connectivity index (χ4n) is 3.94. The van der Waals surface area contributed by atoms with Gasteiger partial charge >= 0.3 is 6.03 Å². The van der Waals surface area contributed by atoms with Gasteiger partial charge in [0.1, 0.15) is 16.7 Å². The molecule has 0 fully saturated rings. The predicted octanol–water partition coefficient (Wildman–Crippen LogP) is 6.28. The van der Waals surface area contributed by atoms with Crippen LogP contribution in [0.15, 0.2) is 45.9 Å². The number of amides is 2. The van der Waals surface area contributed by atoms with E-state index in [4.69, 9.17) is 16.0 Å². The molecule has 8 nitrogen and oxygen atoms in total. The molecule has 0 aliphatic rings. The van der Waals surface area contributed by atoms with Gasteiger partial charge in [0.05, 0.1) is 17.5 Å². The molecule has 4 aromatic rings. The van der Waals surface area contributed by atoms with E-state index < -0.39 is 11.8 Å². The minimum atomic E-state index is -0.740.